The maximum absolute atomic E-state index is 8.02. The molecule has 46 heavy (non-hydrogen) atoms. The van der Waals surface area contributed by atoms with Crippen molar-refractivity contribution in [2.24, 2.45) is 0 Å². The third-order valence-electron chi connectivity index (χ3n) is 8.28. The van der Waals surface area contributed by atoms with Crippen molar-refractivity contribution in [3.05, 3.63) is 152 Å². The van der Waals surface area contributed by atoms with Crippen LogP contribution < -0.4 is 4.90 Å². The average Bonchev–Trinajstić information content (AvgIpc) is 3.65. The molecule has 0 radical (unpaired) electrons. The standard InChI is InChI=1S/C40H32N5.Pt/c1-28(2)42-27-43(38-19-10-9-18-37(38)42)31-14-11-15-32(25-31)44(30-12-5-4-6-13-30)33-20-21-35-34-16-7-8-17-36(34)45(39(35)26-33)40-24-29(3)22-23-41-40;/h4-24,27-28H,1-3H3;/q-1;/i3D3;. The molecule has 8 aromatic rings. The largest absolute Gasteiger partial charge is 0.358 e. The molecule has 0 atom stereocenters. The average molecular weight is 781 g/mol. The Morgan fingerprint density at radius 1 is 0.739 bits per heavy atom. The van der Waals surface area contributed by atoms with Crippen LogP contribution in [0.3, 0.4) is 0 Å². The molecule has 0 aliphatic carbocycles. The smallest absolute Gasteiger partial charge is 0.188 e. The van der Waals surface area contributed by atoms with Crippen molar-refractivity contribution < 1.29 is 25.2 Å². The zero-order chi connectivity index (χ0) is 33.0. The molecule has 0 unspecified atom stereocenters. The van der Waals surface area contributed by atoms with Crippen LogP contribution in [0.2, 0.25) is 0 Å². The Bertz CT molecular complexity index is 2450. The van der Waals surface area contributed by atoms with E-state index < -0.39 is 6.85 Å². The molecular formula is C40H32N5Pt-. The number of hydrogen-bond donors (Lipinski definition) is 0. The number of nitrogens with zero attached hydrogens (tertiary/aromatic N) is 5. The fraction of sp³-hybridized carbons (Fsp3) is 0.100. The van der Waals surface area contributed by atoms with E-state index in [0.29, 0.717) is 11.9 Å². The number of pyridine rings is 1. The number of rotatable bonds is 6. The van der Waals surface area contributed by atoms with Gasteiger partial charge >= 0.3 is 0 Å². The van der Waals surface area contributed by atoms with Crippen LogP contribution in [0.4, 0.5) is 17.1 Å². The van der Waals surface area contributed by atoms with Crippen LogP contribution in [-0.4, -0.2) is 18.7 Å². The van der Waals surface area contributed by atoms with E-state index in [1.165, 1.54) is 0 Å². The predicted octanol–water partition coefficient (Wildman–Crippen LogP) is 10.2. The van der Waals surface area contributed by atoms with Crippen LogP contribution in [0, 0.1) is 19.0 Å². The molecule has 3 heterocycles. The van der Waals surface area contributed by atoms with Crippen molar-refractivity contribution in [3.8, 4) is 11.5 Å². The summed E-state index contributed by atoms with van der Waals surface area (Å²) in [5, 5.41) is 2.03. The quantitative estimate of drug-likeness (QED) is 0.157. The number of aromatic nitrogens is 4. The summed E-state index contributed by atoms with van der Waals surface area (Å²) in [6, 6.07) is 48.1. The van der Waals surface area contributed by atoms with Gasteiger partial charge in [0.15, 0.2) is 17.4 Å². The van der Waals surface area contributed by atoms with Gasteiger partial charge in [0.05, 0.1) is 6.04 Å². The maximum Gasteiger partial charge on any atom is 0.188 e. The zero-order valence-corrected chi connectivity index (χ0v) is 27.6. The van der Waals surface area contributed by atoms with Crippen LogP contribution in [0.15, 0.2) is 134 Å². The Morgan fingerprint density at radius 3 is 2.28 bits per heavy atom. The van der Waals surface area contributed by atoms with E-state index >= 15 is 0 Å². The molecule has 0 amide bonds. The summed E-state index contributed by atoms with van der Waals surface area (Å²) in [4.78, 5) is 6.79. The van der Waals surface area contributed by atoms with Gasteiger partial charge in [0, 0.05) is 60.4 Å². The molecule has 0 saturated heterocycles. The number of para-hydroxylation sites is 4. The second-order valence-corrected chi connectivity index (χ2v) is 11.4. The minimum Gasteiger partial charge on any atom is -0.358 e. The number of imidazole rings is 1. The summed E-state index contributed by atoms with van der Waals surface area (Å²) < 4.78 is 30.5. The van der Waals surface area contributed by atoms with Crippen molar-refractivity contribution in [1.82, 2.24) is 18.7 Å². The molecule has 8 rings (SSSR count). The third-order valence-corrected chi connectivity index (χ3v) is 8.28. The minimum absolute atomic E-state index is 0. The molecule has 6 heteroatoms. The van der Waals surface area contributed by atoms with E-state index in [1.54, 1.807) is 18.3 Å². The Kier molecular flexibility index (Phi) is 6.89. The van der Waals surface area contributed by atoms with Gasteiger partial charge in [-0.3, -0.25) is 0 Å². The van der Waals surface area contributed by atoms with E-state index in [1.807, 2.05) is 41.0 Å². The fourth-order valence-corrected chi connectivity index (χ4v) is 6.23. The first-order valence-corrected chi connectivity index (χ1v) is 15.1. The summed E-state index contributed by atoms with van der Waals surface area (Å²) in [6.07, 6.45) is 3.71. The molecule has 228 valence electrons. The third kappa shape index (κ3) is 5.01. The molecule has 0 N–H and O–H groups in total. The minimum atomic E-state index is -2.25. The summed E-state index contributed by atoms with van der Waals surface area (Å²) >= 11 is 0. The molecule has 0 fully saturated rings. The van der Waals surface area contributed by atoms with Gasteiger partial charge in [0.25, 0.3) is 0 Å². The topological polar surface area (TPSA) is 30.9 Å². The summed E-state index contributed by atoms with van der Waals surface area (Å²) in [7, 11) is 0. The fourth-order valence-electron chi connectivity index (χ4n) is 6.23. The maximum atomic E-state index is 8.02. The van der Waals surface area contributed by atoms with Crippen molar-refractivity contribution in [2.75, 3.05) is 4.90 Å². The second kappa shape index (κ2) is 12.1. The number of anilines is 3. The number of hydrogen-bond acceptors (Lipinski definition) is 2. The second-order valence-electron chi connectivity index (χ2n) is 11.4. The van der Waals surface area contributed by atoms with Crippen LogP contribution in [-0.2, 0) is 21.1 Å². The molecule has 5 aromatic carbocycles. The Hall–Kier alpha value is -4.99. The van der Waals surface area contributed by atoms with Gasteiger partial charge < -0.3 is 9.47 Å². The summed E-state index contributed by atoms with van der Waals surface area (Å²) in [5.74, 6) is 0.529. The van der Waals surface area contributed by atoms with Crippen molar-refractivity contribution in [2.45, 2.75) is 26.7 Å². The first kappa shape index (κ1) is 26.2. The molecule has 5 nitrogen and oxygen atoms in total. The van der Waals surface area contributed by atoms with Crippen molar-refractivity contribution >= 4 is 49.9 Å². The summed E-state index contributed by atoms with van der Waals surface area (Å²) in [5.41, 5.74) is 7.78. The molecule has 0 aliphatic heterocycles. The van der Waals surface area contributed by atoms with Crippen molar-refractivity contribution in [3.63, 3.8) is 0 Å². The molecule has 0 saturated carbocycles. The van der Waals surface area contributed by atoms with Gasteiger partial charge in [-0.2, -0.15) is 12.1 Å². The first-order valence-electron chi connectivity index (χ1n) is 16.6. The van der Waals surface area contributed by atoms with Gasteiger partial charge in [-0.15, -0.1) is 29.7 Å². The Morgan fingerprint density at radius 2 is 1.48 bits per heavy atom. The van der Waals surface area contributed by atoms with Crippen LogP contribution in [0.1, 0.15) is 29.6 Å². The van der Waals surface area contributed by atoms with Gasteiger partial charge in [-0.05, 0) is 74.1 Å². The molecule has 3 aromatic heterocycles. The van der Waals surface area contributed by atoms with Gasteiger partial charge in [-0.1, -0.05) is 59.4 Å². The zero-order valence-electron chi connectivity index (χ0n) is 28.3. The molecule has 0 aliphatic rings. The van der Waals surface area contributed by atoms with E-state index in [2.05, 4.69) is 124 Å². The SMILES string of the molecule is [2H]C([2H])([2H])c1ccnc(-n2c3[c-]c(N(c4[c-]c(-n5[cH+]n(C(C)C)c6ccccc65)ccc4)c4ccccc4)ccc3c3ccccc32)c1.[Pt]. The van der Waals surface area contributed by atoms with Crippen LogP contribution in [0.5, 0.6) is 0 Å². The normalized spacial score (nSPS) is 12.6. The van der Waals surface area contributed by atoms with Crippen LogP contribution in [0.25, 0.3) is 44.3 Å². The van der Waals surface area contributed by atoms with Crippen LogP contribution >= 0.6 is 0 Å². The number of fused-ring (bicyclic) bond motifs is 4. The number of benzene rings is 5. The Balaban J connectivity index is 0.00000378. The summed E-state index contributed by atoms with van der Waals surface area (Å²) in [6.45, 7) is 2.12. The van der Waals surface area contributed by atoms with E-state index in [4.69, 9.17) is 4.11 Å². The van der Waals surface area contributed by atoms with E-state index in [0.717, 1.165) is 55.6 Å². The van der Waals surface area contributed by atoms with E-state index in [9.17, 15) is 0 Å². The monoisotopic (exact) mass is 780 g/mol. The van der Waals surface area contributed by atoms with Gasteiger partial charge in [0.1, 0.15) is 5.82 Å². The van der Waals surface area contributed by atoms with E-state index in [-0.39, 0.29) is 26.6 Å². The molecular weight excluding hydrogens is 746 g/mol. The molecule has 0 bridgehead atoms. The van der Waals surface area contributed by atoms with Gasteiger partial charge in [0.2, 0.25) is 0 Å². The van der Waals surface area contributed by atoms with Gasteiger partial charge in [-0.25, -0.2) is 14.1 Å². The first-order chi connectivity index (χ1) is 23.3. The Labute approximate surface area is 287 Å². The molecule has 0 spiro atoms. The number of aryl methyl sites for hydroxylation is 1. The predicted molar refractivity (Wildman–Crippen MR) is 185 cm³/mol. The van der Waals surface area contributed by atoms with Crippen molar-refractivity contribution in [1.29, 1.82) is 0 Å².